The van der Waals surface area contributed by atoms with Crippen LogP contribution in [0.2, 0.25) is 0 Å². The standard InChI is InChI=1S/C22H46O4/c1-3-5-7-9-11-13-19(23)15-17-21(25)22(26)18-16-20(24)14-12-10-8-6-4-2/h19-26H,3-18H2,1-2H3. The molecule has 0 spiro atoms. The Kier molecular flexibility index (Phi) is 18.1. The highest BCUT2D eigenvalue weighted by molar-refractivity contribution is 4.71. The van der Waals surface area contributed by atoms with Gasteiger partial charge >= 0.3 is 0 Å². The monoisotopic (exact) mass is 374 g/mol. The zero-order valence-electron chi connectivity index (χ0n) is 17.4. The van der Waals surface area contributed by atoms with E-state index in [4.69, 9.17) is 0 Å². The van der Waals surface area contributed by atoms with Crippen molar-refractivity contribution in [3.8, 4) is 0 Å². The molecule has 26 heavy (non-hydrogen) atoms. The largest absolute Gasteiger partial charge is 0.393 e. The van der Waals surface area contributed by atoms with Crippen LogP contribution in [0.15, 0.2) is 0 Å². The predicted molar refractivity (Wildman–Crippen MR) is 109 cm³/mol. The Hall–Kier alpha value is -0.160. The smallest absolute Gasteiger partial charge is 0.0800 e. The van der Waals surface area contributed by atoms with Crippen LogP contribution < -0.4 is 0 Å². The second-order valence-electron chi connectivity index (χ2n) is 8.00. The average Bonchev–Trinajstić information content (AvgIpc) is 2.63. The Morgan fingerprint density at radius 1 is 0.423 bits per heavy atom. The van der Waals surface area contributed by atoms with Gasteiger partial charge in [0.05, 0.1) is 24.4 Å². The van der Waals surface area contributed by atoms with E-state index in [1.807, 2.05) is 0 Å². The van der Waals surface area contributed by atoms with Gasteiger partial charge in [0.25, 0.3) is 0 Å². The lowest BCUT2D eigenvalue weighted by molar-refractivity contribution is -0.00700. The molecule has 0 aliphatic heterocycles. The van der Waals surface area contributed by atoms with Gasteiger partial charge in [-0.2, -0.15) is 0 Å². The number of rotatable bonds is 19. The van der Waals surface area contributed by atoms with Crippen molar-refractivity contribution in [3.63, 3.8) is 0 Å². The molecule has 4 unspecified atom stereocenters. The number of unbranched alkanes of at least 4 members (excludes halogenated alkanes) is 8. The van der Waals surface area contributed by atoms with Crippen LogP contribution in [0.4, 0.5) is 0 Å². The highest BCUT2D eigenvalue weighted by atomic mass is 16.3. The van der Waals surface area contributed by atoms with Gasteiger partial charge in [-0.25, -0.2) is 0 Å². The van der Waals surface area contributed by atoms with E-state index in [2.05, 4.69) is 13.8 Å². The molecule has 0 bridgehead atoms. The predicted octanol–water partition coefficient (Wildman–Crippen LogP) is 4.71. The minimum absolute atomic E-state index is 0.382. The van der Waals surface area contributed by atoms with Crippen molar-refractivity contribution >= 4 is 0 Å². The Labute approximate surface area is 162 Å². The van der Waals surface area contributed by atoms with Crippen LogP contribution in [-0.4, -0.2) is 44.8 Å². The number of hydrogen-bond acceptors (Lipinski definition) is 4. The minimum Gasteiger partial charge on any atom is -0.393 e. The molecule has 0 aromatic heterocycles. The molecular formula is C22H46O4. The molecule has 4 heteroatoms. The Morgan fingerprint density at radius 2 is 0.769 bits per heavy atom. The lowest BCUT2D eigenvalue weighted by Gasteiger charge is -2.20. The first kappa shape index (κ1) is 25.8. The number of hydrogen-bond donors (Lipinski definition) is 4. The Bertz CT molecular complexity index is 257. The summed E-state index contributed by atoms with van der Waals surface area (Å²) in [5, 5.41) is 40.1. The summed E-state index contributed by atoms with van der Waals surface area (Å²) in [6.45, 7) is 4.38. The fourth-order valence-corrected chi connectivity index (χ4v) is 3.37. The SMILES string of the molecule is CCCCCCCC(O)CCC(O)C(O)CCC(O)CCCCCCC. The summed E-state index contributed by atoms with van der Waals surface area (Å²) in [6.07, 6.45) is 12.9. The van der Waals surface area contributed by atoms with Crippen LogP contribution in [0, 0.1) is 0 Å². The van der Waals surface area contributed by atoms with E-state index in [1.165, 1.54) is 38.5 Å². The normalized spacial score (nSPS) is 16.4. The van der Waals surface area contributed by atoms with Gasteiger partial charge in [0.15, 0.2) is 0 Å². The molecule has 158 valence electrons. The molecule has 0 radical (unpaired) electrons. The molecular weight excluding hydrogens is 328 g/mol. The molecule has 0 amide bonds. The van der Waals surface area contributed by atoms with Crippen molar-refractivity contribution < 1.29 is 20.4 Å². The van der Waals surface area contributed by atoms with Gasteiger partial charge in [-0.05, 0) is 38.5 Å². The van der Waals surface area contributed by atoms with Gasteiger partial charge in [-0.15, -0.1) is 0 Å². The number of aliphatic hydroxyl groups is 4. The fourth-order valence-electron chi connectivity index (χ4n) is 3.37. The van der Waals surface area contributed by atoms with E-state index < -0.39 is 12.2 Å². The summed E-state index contributed by atoms with van der Waals surface area (Å²) in [6, 6.07) is 0. The van der Waals surface area contributed by atoms with Crippen LogP contribution in [-0.2, 0) is 0 Å². The van der Waals surface area contributed by atoms with Crippen molar-refractivity contribution in [3.05, 3.63) is 0 Å². The molecule has 4 nitrogen and oxygen atoms in total. The van der Waals surface area contributed by atoms with Crippen molar-refractivity contribution in [1.82, 2.24) is 0 Å². The van der Waals surface area contributed by atoms with Crippen molar-refractivity contribution in [2.45, 2.75) is 141 Å². The van der Waals surface area contributed by atoms with Gasteiger partial charge in [0.1, 0.15) is 0 Å². The summed E-state index contributed by atoms with van der Waals surface area (Å²) in [5.41, 5.74) is 0. The maximum atomic E-state index is 10.1. The van der Waals surface area contributed by atoms with E-state index >= 15 is 0 Å². The topological polar surface area (TPSA) is 80.9 Å². The fraction of sp³-hybridized carbons (Fsp3) is 1.00. The third-order valence-electron chi connectivity index (χ3n) is 5.32. The highest BCUT2D eigenvalue weighted by Crippen LogP contribution is 2.16. The summed E-state index contributed by atoms with van der Waals surface area (Å²) in [7, 11) is 0. The van der Waals surface area contributed by atoms with Crippen LogP contribution in [0.25, 0.3) is 0 Å². The summed E-state index contributed by atoms with van der Waals surface area (Å²) in [4.78, 5) is 0. The molecule has 0 fully saturated rings. The average molecular weight is 375 g/mol. The van der Waals surface area contributed by atoms with Crippen LogP contribution in [0.3, 0.4) is 0 Å². The second kappa shape index (κ2) is 18.2. The van der Waals surface area contributed by atoms with Gasteiger partial charge in [-0.3, -0.25) is 0 Å². The van der Waals surface area contributed by atoms with Gasteiger partial charge in [-0.1, -0.05) is 78.1 Å². The van der Waals surface area contributed by atoms with E-state index in [0.29, 0.717) is 25.7 Å². The Morgan fingerprint density at radius 3 is 1.12 bits per heavy atom. The molecule has 4 N–H and O–H groups in total. The van der Waals surface area contributed by atoms with Gasteiger partial charge in [0, 0.05) is 0 Å². The minimum atomic E-state index is -0.804. The van der Waals surface area contributed by atoms with Crippen LogP contribution >= 0.6 is 0 Å². The van der Waals surface area contributed by atoms with Crippen molar-refractivity contribution in [2.75, 3.05) is 0 Å². The van der Waals surface area contributed by atoms with E-state index in [9.17, 15) is 20.4 Å². The quantitative estimate of drug-likeness (QED) is 0.247. The first-order valence-corrected chi connectivity index (χ1v) is 11.2. The van der Waals surface area contributed by atoms with Gasteiger partial charge in [0.2, 0.25) is 0 Å². The van der Waals surface area contributed by atoms with Crippen LogP contribution in [0.1, 0.15) is 117 Å². The van der Waals surface area contributed by atoms with Crippen molar-refractivity contribution in [2.24, 2.45) is 0 Å². The molecule has 0 saturated heterocycles. The molecule has 0 aliphatic rings. The van der Waals surface area contributed by atoms with Gasteiger partial charge < -0.3 is 20.4 Å². The maximum Gasteiger partial charge on any atom is 0.0800 e. The second-order valence-corrected chi connectivity index (χ2v) is 8.00. The third kappa shape index (κ3) is 16.0. The van der Waals surface area contributed by atoms with Crippen molar-refractivity contribution in [1.29, 1.82) is 0 Å². The lowest BCUT2D eigenvalue weighted by Crippen LogP contribution is -2.28. The molecule has 0 aromatic carbocycles. The summed E-state index contributed by atoms with van der Waals surface area (Å²) < 4.78 is 0. The molecule has 0 aliphatic carbocycles. The van der Waals surface area contributed by atoms with E-state index in [1.54, 1.807) is 0 Å². The molecule has 0 rings (SSSR count). The first-order chi connectivity index (χ1) is 12.5. The molecule has 4 atom stereocenters. The summed E-state index contributed by atoms with van der Waals surface area (Å²) in [5.74, 6) is 0. The third-order valence-corrected chi connectivity index (χ3v) is 5.32. The first-order valence-electron chi connectivity index (χ1n) is 11.2. The zero-order chi connectivity index (χ0) is 19.6. The molecule has 0 heterocycles. The molecule has 0 aromatic rings. The van der Waals surface area contributed by atoms with E-state index in [0.717, 1.165) is 38.5 Å². The lowest BCUT2D eigenvalue weighted by atomic mass is 9.97. The Balaban J connectivity index is 3.66. The molecule has 0 saturated carbocycles. The summed E-state index contributed by atoms with van der Waals surface area (Å²) >= 11 is 0. The number of aliphatic hydroxyl groups excluding tert-OH is 4. The maximum absolute atomic E-state index is 10.1. The van der Waals surface area contributed by atoms with Crippen LogP contribution in [0.5, 0.6) is 0 Å². The van der Waals surface area contributed by atoms with E-state index in [-0.39, 0.29) is 12.2 Å². The zero-order valence-corrected chi connectivity index (χ0v) is 17.4. The highest BCUT2D eigenvalue weighted by Gasteiger charge is 2.19.